The molecule has 0 heterocycles. The van der Waals surface area contributed by atoms with Crippen molar-refractivity contribution in [3.63, 3.8) is 0 Å². The number of carbonyl (C=O) groups is 1. The first kappa shape index (κ1) is 12.1. The highest BCUT2D eigenvalue weighted by Crippen LogP contribution is 2.06. The summed E-state index contributed by atoms with van der Waals surface area (Å²) < 4.78 is 5.04. The van der Waals surface area contributed by atoms with Crippen molar-refractivity contribution >= 4 is 12.0 Å². The third-order valence-corrected chi connectivity index (χ3v) is 2.52. The summed E-state index contributed by atoms with van der Waals surface area (Å²) in [7, 11) is 0. The number of benzene rings is 2. The van der Waals surface area contributed by atoms with E-state index in [9.17, 15) is 4.79 Å². The van der Waals surface area contributed by atoms with Crippen molar-refractivity contribution in [2.75, 3.05) is 0 Å². The molecule has 2 rings (SSSR count). The number of hydrogen-bond donors (Lipinski definition) is 0. The second kappa shape index (κ2) is 5.82. The number of rotatable bonds is 3. The fourth-order valence-electron chi connectivity index (χ4n) is 1.49. The Morgan fingerprint density at radius 1 is 1.00 bits per heavy atom. The number of hydrogen-bond acceptors (Lipinski definition) is 2. The van der Waals surface area contributed by atoms with E-state index in [-0.39, 0.29) is 5.97 Å². The van der Waals surface area contributed by atoms with E-state index in [0.717, 1.165) is 5.56 Å². The number of ether oxygens (including phenoxy) is 1. The zero-order valence-electron chi connectivity index (χ0n) is 10.2. The zero-order valence-corrected chi connectivity index (χ0v) is 10.2. The van der Waals surface area contributed by atoms with Crippen LogP contribution in [-0.2, 0) is 4.74 Å². The Morgan fingerprint density at radius 3 is 2.33 bits per heavy atom. The molecule has 0 saturated carbocycles. The second-order valence-electron chi connectivity index (χ2n) is 3.98. The second-order valence-corrected chi connectivity index (χ2v) is 3.98. The van der Waals surface area contributed by atoms with Gasteiger partial charge in [0.25, 0.3) is 0 Å². The molecule has 2 nitrogen and oxygen atoms in total. The van der Waals surface area contributed by atoms with Gasteiger partial charge in [-0.2, -0.15) is 0 Å². The summed E-state index contributed by atoms with van der Waals surface area (Å²) in [4.78, 5) is 11.6. The molecule has 0 fully saturated rings. The summed E-state index contributed by atoms with van der Waals surface area (Å²) in [5.41, 5.74) is 2.75. The zero-order chi connectivity index (χ0) is 12.8. The van der Waals surface area contributed by atoms with Gasteiger partial charge in [-0.25, -0.2) is 4.79 Å². The van der Waals surface area contributed by atoms with Crippen molar-refractivity contribution < 1.29 is 9.53 Å². The van der Waals surface area contributed by atoms with Gasteiger partial charge in [-0.15, -0.1) is 0 Å². The van der Waals surface area contributed by atoms with E-state index in [0.29, 0.717) is 5.56 Å². The van der Waals surface area contributed by atoms with E-state index >= 15 is 0 Å². The summed E-state index contributed by atoms with van der Waals surface area (Å²) in [6, 6.07) is 16.9. The minimum atomic E-state index is -0.348. The molecule has 18 heavy (non-hydrogen) atoms. The molecule has 2 aromatic carbocycles. The van der Waals surface area contributed by atoms with Crippen LogP contribution in [0.4, 0.5) is 0 Å². The normalized spacial score (nSPS) is 10.5. The molecule has 0 N–H and O–H groups in total. The highest BCUT2D eigenvalue weighted by Gasteiger charge is 2.02. The molecule has 0 aromatic heterocycles. The highest BCUT2D eigenvalue weighted by molar-refractivity contribution is 5.89. The van der Waals surface area contributed by atoms with Gasteiger partial charge in [-0.05, 0) is 30.7 Å². The maximum Gasteiger partial charge on any atom is 0.342 e. The van der Waals surface area contributed by atoms with Crippen LogP contribution in [0.3, 0.4) is 0 Å². The quantitative estimate of drug-likeness (QED) is 0.600. The molecule has 0 saturated heterocycles. The van der Waals surface area contributed by atoms with E-state index in [4.69, 9.17) is 4.74 Å². The average Bonchev–Trinajstić information content (AvgIpc) is 2.42. The van der Waals surface area contributed by atoms with Crippen molar-refractivity contribution in [1.29, 1.82) is 0 Å². The summed E-state index contributed by atoms with van der Waals surface area (Å²) in [5, 5.41) is 0. The largest absolute Gasteiger partial charge is 0.431 e. The van der Waals surface area contributed by atoms with Gasteiger partial charge in [-0.1, -0.05) is 48.0 Å². The SMILES string of the molecule is Cc1ccc(/C=C/OC(=O)c2ccccc2)cc1. The number of esters is 1. The lowest BCUT2D eigenvalue weighted by molar-refractivity contribution is 0.0665. The molecule has 0 amide bonds. The number of carbonyl (C=O) groups excluding carboxylic acids is 1. The van der Waals surface area contributed by atoms with E-state index in [1.165, 1.54) is 11.8 Å². The van der Waals surface area contributed by atoms with E-state index in [1.54, 1.807) is 30.3 Å². The van der Waals surface area contributed by atoms with Gasteiger partial charge in [0.05, 0.1) is 11.8 Å². The lowest BCUT2D eigenvalue weighted by atomic mass is 10.1. The summed E-state index contributed by atoms with van der Waals surface area (Å²) >= 11 is 0. The molecule has 0 aliphatic heterocycles. The molecular formula is C16H14O2. The maximum absolute atomic E-state index is 11.6. The molecular weight excluding hydrogens is 224 g/mol. The molecule has 2 heteroatoms. The van der Waals surface area contributed by atoms with Crippen LogP contribution in [0.5, 0.6) is 0 Å². The van der Waals surface area contributed by atoms with Crippen molar-refractivity contribution in [2.45, 2.75) is 6.92 Å². The van der Waals surface area contributed by atoms with Crippen LogP contribution in [-0.4, -0.2) is 5.97 Å². The van der Waals surface area contributed by atoms with Crippen LogP contribution in [0.2, 0.25) is 0 Å². The predicted molar refractivity (Wildman–Crippen MR) is 72.1 cm³/mol. The van der Waals surface area contributed by atoms with Crippen molar-refractivity contribution in [2.24, 2.45) is 0 Å². The summed E-state index contributed by atoms with van der Waals surface area (Å²) in [6.45, 7) is 2.03. The van der Waals surface area contributed by atoms with Gasteiger partial charge in [0.1, 0.15) is 0 Å². The van der Waals surface area contributed by atoms with Gasteiger partial charge in [0.15, 0.2) is 0 Å². The van der Waals surface area contributed by atoms with Crippen molar-refractivity contribution in [1.82, 2.24) is 0 Å². The third-order valence-electron chi connectivity index (χ3n) is 2.52. The molecule has 0 unspecified atom stereocenters. The third kappa shape index (κ3) is 3.32. The number of aryl methyl sites for hydroxylation is 1. The van der Waals surface area contributed by atoms with Crippen molar-refractivity contribution in [3.8, 4) is 0 Å². The Labute approximate surface area is 107 Å². The van der Waals surface area contributed by atoms with Crippen molar-refractivity contribution in [3.05, 3.63) is 77.5 Å². The fraction of sp³-hybridized carbons (Fsp3) is 0.0625. The van der Waals surface area contributed by atoms with Crippen LogP contribution < -0.4 is 0 Å². The molecule has 0 aliphatic carbocycles. The molecule has 0 radical (unpaired) electrons. The van der Waals surface area contributed by atoms with Crippen LogP contribution in [0.1, 0.15) is 21.5 Å². The van der Waals surface area contributed by atoms with Gasteiger partial charge in [-0.3, -0.25) is 0 Å². The van der Waals surface area contributed by atoms with E-state index in [2.05, 4.69) is 0 Å². The minimum Gasteiger partial charge on any atom is -0.431 e. The Kier molecular flexibility index (Phi) is 3.92. The maximum atomic E-state index is 11.6. The predicted octanol–water partition coefficient (Wildman–Crippen LogP) is 3.82. The smallest absolute Gasteiger partial charge is 0.342 e. The van der Waals surface area contributed by atoms with Crippen LogP contribution in [0.25, 0.3) is 6.08 Å². The lowest BCUT2D eigenvalue weighted by Gasteiger charge is -1.98. The summed E-state index contributed by atoms with van der Waals surface area (Å²) in [6.07, 6.45) is 3.18. The topological polar surface area (TPSA) is 26.3 Å². The van der Waals surface area contributed by atoms with Gasteiger partial charge < -0.3 is 4.74 Å². The molecule has 90 valence electrons. The lowest BCUT2D eigenvalue weighted by Crippen LogP contribution is -1.99. The fourth-order valence-corrected chi connectivity index (χ4v) is 1.49. The molecule has 0 spiro atoms. The summed E-state index contributed by atoms with van der Waals surface area (Å²) in [5.74, 6) is -0.348. The molecule has 0 bridgehead atoms. The van der Waals surface area contributed by atoms with Gasteiger partial charge in [0, 0.05) is 0 Å². The monoisotopic (exact) mass is 238 g/mol. The van der Waals surface area contributed by atoms with Crippen LogP contribution >= 0.6 is 0 Å². The van der Waals surface area contributed by atoms with Gasteiger partial charge >= 0.3 is 5.97 Å². The molecule has 2 aromatic rings. The van der Waals surface area contributed by atoms with Gasteiger partial charge in [0.2, 0.25) is 0 Å². The average molecular weight is 238 g/mol. The Bertz CT molecular complexity index is 539. The first-order valence-corrected chi connectivity index (χ1v) is 5.75. The Morgan fingerprint density at radius 2 is 1.67 bits per heavy atom. The Balaban J connectivity index is 1.96. The van der Waals surface area contributed by atoms with E-state index < -0.39 is 0 Å². The minimum absolute atomic E-state index is 0.348. The Hall–Kier alpha value is -2.35. The van der Waals surface area contributed by atoms with E-state index in [1.807, 2.05) is 37.3 Å². The highest BCUT2D eigenvalue weighted by atomic mass is 16.5. The standard InChI is InChI=1S/C16H14O2/c1-13-7-9-14(10-8-13)11-12-18-16(17)15-5-3-2-4-6-15/h2-12H,1H3/b12-11+. The van der Waals surface area contributed by atoms with Crippen LogP contribution in [0, 0.1) is 6.92 Å². The first-order chi connectivity index (χ1) is 8.75. The van der Waals surface area contributed by atoms with Crippen LogP contribution in [0.15, 0.2) is 60.9 Å². The first-order valence-electron chi connectivity index (χ1n) is 5.75. The molecule has 0 atom stereocenters. The molecule has 0 aliphatic rings.